The highest BCUT2D eigenvalue weighted by Gasteiger charge is 2.44. The van der Waals surface area contributed by atoms with E-state index in [2.05, 4.69) is 82.1 Å². The van der Waals surface area contributed by atoms with E-state index in [1.165, 1.54) is 5.56 Å². The molecule has 30 heavy (non-hydrogen) atoms. The van der Waals surface area contributed by atoms with Gasteiger partial charge < -0.3 is 9.16 Å². The van der Waals surface area contributed by atoms with Crippen LogP contribution in [0.25, 0.3) is 0 Å². The van der Waals surface area contributed by atoms with Crippen molar-refractivity contribution in [2.45, 2.75) is 77.7 Å². The number of ether oxygens (including phenoxy) is 1. The summed E-state index contributed by atoms with van der Waals surface area (Å²) in [5.74, 6) is 0.440. The molecule has 4 nitrogen and oxygen atoms in total. The van der Waals surface area contributed by atoms with Crippen molar-refractivity contribution in [3.63, 3.8) is 0 Å². The standard InChI is InChI=1S/C25H41NO3Si/c1-8-28-24(27)18-22-16-12-13-17-26(22)23(21-14-10-9-11-15-21)19-29-30(6,7)25(4,5)20(2)3/h9-15,20,22-23H,8,16-19H2,1-7H3/t22-,23+/m0/s1. The molecule has 5 heteroatoms. The number of nitrogens with zero attached hydrogens (tertiary/aromatic N) is 1. The van der Waals surface area contributed by atoms with Gasteiger partial charge in [0, 0.05) is 12.6 Å². The Bertz CT molecular complexity index is 700. The minimum absolute atomic E-state index is 0.116. The summed E-state index contributed by atoms with van der Waals surface area (Å²) >= 11 is 0. The molecule has 0 radical (unpaired) electrons. The second kappa shape index (κ2) is 10.7. The van der Waals surface area contributed by atoms with Crippen molar-refractivity contribution in [1.29, 1.82) is 0 Å². The molecule has 0 spiro atoms. The number of carbonyl (C=O) groups excluding carboxylic acids is 1. The summed E-state index contributed by atoms with van der Waals surface area (Å²) < 4.78 is 12.0. The zero-order valence-corrected chi connectivity index (χ0v) is 21.0. The van der Waals surface area contributed by atoms with E-state index < -0.39 is 8.32 Å². The average Bonchev–Trinajstić information content (AvgIpc) is 2.70. The van der Waals surface area contributed by atoms with Crippen LogP contribution in [-0.2, 0) is 14.0 Å². The van der Waals surface area contributed by atoms with E-state index in [4.69, 9.17) is 9.16 Å². The Kier molecular flexibility index (Phi) is 8.89. The van der Waals surface area contributed by atoms with E-state index in [0.717, 1.165) is 13.0 Å². The summed E-state index contributed by atoms with van der Waals surface area (Å²) in [6.45, 7) is 17.7. The van der Waals surface area contributed by atoms with Crippen LogP contribution in [0.2, 0.25) is 18.1 Å². The lowest BCUT2D eigenvalue weighted by Gasteiger charge is -2.45. The van der Waals surface area contributed by atoms with Gasteiger partial charge in [-0.15, -0.1) is 0 Å². The van der Waals surface area contributed by atoms with Gasteiger partial charge in [0.15, 0.2) is 8.32 Å². The largest absolute Gasteiger partial charge is 0.466 e. The highest BCUT2D eigenvalue weighted by atomic mass is 28.4. The summed E-state index contributed by atoms with van der Waals surface area (Å²) in [4.78, 5) is 14.7. The maximum Gasteiger partial charge on any atom is 0.307 e. The van der Waals surface area contributed by atoms with Gasteiger partial charge >= 0.3 is 5.97 Å². The molecule has 0 aliphatic carbocycles. The molecule has 1 heterocycles. The van der Waals surface area contributed by atoms with Crippen molar-refractivity contribution in [3.05, 3.63) is 48.0 Å². The molecule has 168 valence electrons. The third-order valence-corrected chi connectivity index (χ3v) is 11.8. The molecule has 0 fully saturated rings. The zero-order chi connectivity index (χ0) is 22.4. The van der Waals surface area contributed by atoms with Crippen molar-refractivity contribution in [3.8, 4) is 0 Å². The topological polar surface area (TPSA) is 38.8 Å². The quantitative estimate of drug-likeness (QED) is 0.260. The van der Waals surface area contributed by atoms with Crippen molar-refractivity contribution >= 4 is 14.3 Å². The summed E-state index contributed by atoms with van der Waals surface area (Å²) in [5.41, 5.74) is 1.24. The molecule has 0 saturated heterocycles. The maximum absolute atomic E-state index is 12.2. The van der Waals surface area contributed by atoms with Crippen LogP contribution in [0, 0.1) is 5.92 Å². The van der Waals surface area contributed by atoms with Crippen LogP contribution in [0.1, 0.15) is 59.1 Å². The molecule has 2 atom stereocenters. The Labute approximate surface area is 184 Å². The van der Waals surface area contributed by atoms with Gasteiger partial charge in [0.2, 0.25) is 0 Å². The number of carbonyl (C=O) groups is 1. The van der Waals surface area contributed by atoms with E-state index >= 15 is 0 Å². The Hall–Kier alpha value is -1.43. The third-order valence-electron chi connectivity index (χ3n) is 7.25. The average molecular weight is 432 g/mol. The van der Waals surface area contributed by atoms with Gasteiger partial charge in [-0.25, -0.2) is 0 Å². The fraction of sp³-hybridized carbons (Fsp3) is 0.640. The first kappa shape index (κ1) is 24.8. The number of hydrogen-bond donors (Lipinski definition) is 0. The van der Waals surface area contributed by atoms with Crippen LogP contribution in [0.5, 0.6) is 0 Å². The third kappa shape index (κ3) is 6.05. The first-order chi connectivity index (χ1) is 14.1. The molecule has 0 aromatic heterocycles. The van der Waals surface area contributed by atoms with Gasteiger partial charge in [0.05, 0.1) is 25.7 Å². The second-order valence-electron chi connectivity index (χ2n) is 9.69. The van der Waals surface area contributed by atoms with Crippen molar-refractivity contribution in [2.24, 2.45) is 5.92 Å². The van der Waals surface area contributed by atoms with Crippen molar-refractivity contribution in [1.82, 2.24) is 4.90 Å². The molecule has 0 unspecified atom stereocenters. The Morgan fingerprint density at radius 2 is 1.87 bits per heavy atom. The predicted molar refractivity (Wildman–Crippen MR) is 127 cm³/mol. The second-order valence-corrected chi connectivity index (χ2v) is 14.3. The summed E-state index contributed by atoms with van der Waals surface area (Å²) in [6, 6.07) is 10.8. The number of hydrogen-bond acceptors (Lipinski definition) is 4. The predicted octanol–water partition coefficient (Wildman–Crippen LogP) is 5.97. The van der Waals surface area contributed by atoms with Gasteiger partial charge in [-0.2, -0.15) is 0 Å². The van der Waals surface area contributed by atoms with Gasteiger partial charge in [0.25, 0.3) is 0 Å². The fourth-order valence-electron chi connectivity index (χ4n) is 3.96. The maximum atomic E-state index is 12.2. The molecule has 1 aromatic carbocycles. The SMILES string of the molecule is CCOC(=O)C[C@@H]1CC=CCN1[C@H](CO[Si](C)(C)C(C)(C)C(C)C)c1ccccc1. The van der Waals surface area contributed by atoms with E-state index in [1.54, 1.807) is 0 Å². The smallest absolute Gasteiger partial charge is 0.307 e. The van der Waals surface area contributed by atoms with Crippen LogP contribution >= 0.6 is 0 Å². The van der Waals surface area contributed by atoms with E-state index in [0.29, 0.717) is 25.6 Å². The first-order valence-corrected chi connectivity index (χ1v) is 14.3. The Morgan fingerprint density at radius 1 is 1.20 bits per heavy atom. The van der Waals surface area contributed by atoms with Crippen LogP contribution in [-0.4, -0.2) is 45.0 Å². The van der Waals surface area contributed by atoms with Crippen LogP contribution < -0.4 is 0 Å². The molecular formula is C25H41NO3Si. The highest BCUT2D eigenvalue weighted by molar-refractivity contribution is 6.74. The van der Waals surface area contributed by atoms with Gasteiger partial charge in [0.1, 0.15) is 0 Å². The molecule has 1 aromatic rings. The van der Waals surface area contributed by atoms with E-state index in [1.807, 2.05) is 13.0 Å². The minimum Gasteiger partial charge on any atom is -0.466 e. The van der Waals surface area contributed by atoms with Crippen LogP contribution in [0.4, 0.5) is 0 Å². The summed E-state index contributed by atoms with van der Waals surface area (Å²) in [7, 11) is -1.96. The fourth-order valence-corrected chi connectivity index (χ4v) is 6.29. The molecular weight excluding hydrogens is 390 g/mol. The molecule has 1 aliphatic heterocycles. The van der Waals surface area contributed by atoms with Gasteiger partial charge in [-0.1, -0.05) is 70.2 Å². The molecule has 1 aliphatic rings. The van der Waals surface area contributed by atoms with Crippen molar-refractivity contribution in [2.75, 3.05) is 19.8 Å². The minimum atomic E-state index is -1.96. The molecule has 0 amide bonds. The summed E-state index contributed by atoms with van der Waals surface area (Å²) in [6.07, 6.45) is 5.67. The summed E-state index contributed by atoms with van der Waals surface area (Å²) in [5, 5.41) is 0.167. The monoisotopic (exact) mass is 431 g/mol. The highest BCUT2D eigenvalue weighted by Crippen LogP contribution is 2.45. The zero-order valence-electron chi connectivity index (χ0n) is 20.0. The van der Waals surface area contributed by atoms with Crippen LogP contribution in [0.3, 0.4) is 0 Å². The van der Waals surface area contributed by atoms with E-state index in [-0.39, 0.29) is 23.1 Å². The Balaban J connectivity index is 2.27. The Morgan fingerprint density at radius 3 is 2.47 bits per heavy atom. The molecule has 2 rings (SSSR count). The first-order valence-electron chi connectivity index (χ1n) is 11.4. The van der Waals surface area contributed by atoms with E-state index in [9.17, 15) is 4.79 Å². The lowest BCUT2D eigenvalue weighted by molar-refractivity contribution is -0.144. The number of esters is 1. The number of rotatable bonds is 10. The molecule has 0 bridgehead atoms. The van der Waals surface area contributed by atoms with Gasteiger partial charge in [-0.05, 0) is 43.0 Å². The number of benzene rings is 1. The lowest BCUT2D eigenvalue weighted by atomic mass is 9.98. The normalized spacial score (nSPS) is 19.1. The van der Waals surface area contributed by atoms with Crippen molar-refractivity contribution < 1.29 is 14.0 Å². The molecule has 0 saturated carbocycles. The van der Waals surface area contributed by atoms with Gasteiger partial charge in [-0.3, -0.25) is 9.69 Å². The molecule has 0 N–H and O–H groups in total. The van der Waals surface area contributed by atoms with Crippen LogP contribution in [0.15, 0.2) is 42.5 Å². The lowest BCUT2D eigenvalue weighted by Crippen LogP contribution is -2.49.